The van der Waals surface area contributed by atoms with E-state index in [0.717, 1.165) is 58.2 Å². The zero-order chi connectivity index (χ0) is 15.9. The van der Waals surface area contributed by atoms with E-state index in [1.807, 2.05) is 6.92 Å². The Labute approximate surface area is 136 Å². The van der Waals surface area contributed by atoms with Crippen LogP contribution in [0.15, 0.2) is 0 Å². The van der Waals surface area contributed by atoms with Gasteiger partial charge in [-0.3, -0.25) is 0 Å². The second kappa shape index (κ2) is 8.62. The summed E-state index contributed by atoms with van der Waals surface area (Å²) in [6.45, 7) is 5.38. The first kappa shape index (κ1) is 18.2. The quantitative estimate of drug-likeness (QED) is 0.695. The molecule has 130 valence electrons. The molecule has 2 aliphatic rings. The molecule has 6 heteroatoms. The van der Waals surface area contributed by atoms with E-state index in [0.29, 0.717) is 19.6 Å². The lowest BCUT2D eigenvalue weighted by molar-refractivity contribution is 0.105. The summed E-state index contributed by atoms with van der Waals surface area (Å²) in [5.41, 5.74) is 0.105. The van der Waals surface area contributed by atoms with Crippen molar-refractivity contribution in [2.24, 2.45) is 5.41 Å². The van der Waals surface area contributed by atoms with Crippen LogP contribution < -0.4 is 4.72 Å². The van der Waals surface area contributed by atoms with Gasteiger partial charge in [0, 0.05) is 32.8 Å². The lowest BCUT2D eigenvalue weighted by atomic mass is 9.83. The molecule has 0 aromatic heterocycles. The summed E-state index contributed by atoms with van der Waals surface area (Å²) in [4.78, 5) is 0. The van der Waals surface area contributed by atoms with Crippen LogP contribution >= 0.6 is 0 Å². The van der Waals surface area contributed by atoms with Crippen molar-refractivity contribution in [2.75, 3.05) is 32.8 Å². The summed E-state index contributed by atoms with van der Waals surface area (Å²) >= 11 is 0. The fraction of sp³-hybridized carbons (Fsp3) is 1.00. The third-order valence-electron chi connectivity index (χ3n) is 5.18. The highest BCUT2D eigenvalue weighted by Gasteiger charge is 2.35. The van der Waals surface area contributed by atoms with Crippen LogP contribution in [0.5, 0.6) is 0 Å². The maximum absolute atomic E-state index is 12.6. The van der Waals surface area contributed by atoms with Crippen LogP contribution in [0.2, 0.25) is 0 Å². The Bertz CT molecular complexity index is 411. The average molecular weight is 333 g/mol. The minimum Gasteiger partial charge on any atom is -0.382 e. The number of nitrogens with zero attached hydrogens (tertiary/aromatic N) is 1. The molecule has 0 atom stereocenters. The van der Waals surface area contributed by atoms with Gasteiger partial charge in [0.05, 0.1) is 0 Å². The third kappa shape index (κ3) is 5.18. The van der Waals surface area contributed by atoms with Gasteiger partial charge in [-0.05, 0) is 44.4 Å². The molecule has 1 N–H and O–H groups in total. The Kier molecular flexibility index (Phi) is 7.12. The highest BCUT2D eigenvalue weighted by molar-refractivity contribution is 7.87. The number of rotatable bonds is 8. The van der Waals surface area contributed by atoms with Crippen molar-refractivity contribution in [3.05, 3.63) is 0 Å². The van der Waals surface area contributed by atoms with Crippen molar-refractivity contribution in [3.8, 4) is 0 Å². The Balaban J connectivity index is 1.89. The Morgan fingerprint density at radius 3 is 2.27 bits per heavy atom. The standard InChI is InChI=1S/C16H32N2O3S/c1-2-21-14-11-16(9-5-6-10-16)15-17-22(19,20)18-12-7-3-4-8-13-18/h17H,2-15H2,1H3. The lowest BCUT2D eigenvalue weighted by Gasteiger charge is -2.30. The molecule has 1 saturated carbocycles. The molecule has 5 nitrogen and oxygen atoms in total. The summed E-state index contributed by atoms with van der Waals surface area (Å²) in [7, 11) is -3.32. The minimum atomic E-state index is -3.32. The SMILES string of the molecule is CCOCCC1(CNS(=O)(=O)N2CCCCCC2)CCCC1. The van der Waals surface area contributed by atoms with Crippen molar-refractivity contribution in [3.63, 3.8) is 0 Å². The van der Waals surface area contributed by atoms with E-state index in [-0.39, 0.29) is 5.41 Å². The molecule has 1 aliphatic heterocycles. The van der Waals surface area contributed by atoms with Crippen molar-refractivity contribution in [2.45, 2.75) is 64.7 Å². The first-order chi connectivity index (χ1) is 10.6. The second-order valence-corrected chi connectivity index (χ2v) is 8.55. The Morgan fingerprint density at radius 1 is 1.05 bits per heavy atom. The molecule has 1 aliphatic carbocycles. The first-order valence-electron chi connectivity index (χ1n) is 8.90. The molecule has 0 bridgehead atoms. The van der Waals surface area contributed by atoms with Crippen molar-refractivity contribution in [1.82, 2.24) is 9.03 Å². The van der Waals surface area contributed by atoms with E-state index in [1.165, 1.54) is 12.8 Å². The van der Waals surface area contributed by atoms with Crippen molar-refractivity contribution < 1.29 is 13.2 Å². The number of ether oxygens (including phenoxy) is 1. The van der Waals surface area contributed by atoms with Crippen LogP contribution in [-0.4, -0.2) is 45.6 Å². The molecule has 0 amide bonds. The van der Waals surface area contributed by atoms with Gasteiger partial charge in [0.2, 0.25) is 0 Å². The predicted molar refractivity (Wildman–Crippen MR) is 89.0 cm³/mol. The van der Waals surface area contributed by atoms with Crippen LogP contribution in [-0.2, 0) is 14.9 Å². The molecule has 2 rings (SSSR count). The fourth-order valence-corrected chi connectivity index (χ4v) is 5.10. The monoisotopic (exact) mass is 332 g/mol. The summed E-state index contributed by atoms with van der Waals surface area (Å²) in [6.07, 6.45) is 9.85. The van der Waals surface area contributed by atoms with Crippen LogP contribution in [0.4, 0.5) is 0 Å². The van der Waals surface area contributed by atoms with E-state index in [4.69, 9.17) is 4.74 Å². The lowest BCUT2D eigenvalue weighted by Crippen LogP contribution is -2.45. The summed E-state index contributed by atoms with van der Waals surface area (Å²) in [5, 5.41) is 0. The summed E-state index contributed by atoms with van der Waals surface area (Å²) < 4.78 is 35.2. The topological polar surface area (TPSA) is 58.6 Å². The van der Waals surface area contributed by atoms with Gasteiger partial charge in [0.1, 0.15) is 0 Å². The van der Waals surface area contributed by atoms with Crippen LogP contribution in [0, 0.1) is 5.41 Å². The van der Waals surface area contributed by atoms with E-state index < -0.39 is 10.2 Å². The van der Waals surface area contributed by atoms with Gasteiger partial charge in [-0.2, -0.15) is 12.7 Å². The molecule has 0 radical (unpaired) electrons. The van der Waals surface area contributed by atoms with Gasteiger partial charge >= 0.3 is 0 Å². The van der Waals surface area contributed by atoms with Gasteiger partial charge in [-0.1, -0.05) is 25.7 Å². The largest absolute Gasteiger partial charge is 0.382 e. The maximum Gasteiger partial charge on any atom is 0.279 e. The van der Waals surface area contributed by atoms with E-state index >= 15 is 0 Å². The Morgan fingerprint density at radius 2 is 1.68 bits per heavy atom. The predicted octanol–water partition coefficient (Wildman–Crippen LogP) is 2.68. The van der Waals surface area contributed by atoms with Gasteiger partial charge in [-0.25, -0.2) is 4.72 Å². The summed E-state index contributed by atoms with van der Waals surface area (Å²) in [6, 6.07) is 0. The molecule has 0 spiro atoms. The maximum atomic E-state index is 12.6. The third-order valence-corrected chi connectivity index (χ3v) is 6.73. The molecule has 1 saturated heterocycles. The second-order valence-electron chi connectivity index (χ2n) is 6.79. The minimum absolute atomic E-state index is 0.105. The molecule has 0 aromatic rings. The van der Waals surface area contributed by atoms with Gasteiger partial charge < -0.3 is 4.74 Å². The van der Waals surface area contributed by atoms with Crippen LogP contribution in [0.3, 0.4) is 0 Å². The van der Waals surface area contributed by atoms with E-state index in [9.17, 15) is 8.42 Å². The highest BCUT2D eigenvalue weighted by Crippen LogP contribution is 2.40. The molecule has 2 fully saturated rings. The normalized spacial score (nSPS) is 23.5. The number of hydrogen-bond donors (Lipinski definition) is 1. The van der Waals surface area contributed by atoms with Crippen molar-refractivity contribution in [1.29, 1.82) is 0 Å². The van der Waals surface area contributed by atoms with Crippen molar-refractivity contribution >= 4 is 10.2 Å². The van der Waals surface area contributed by atoms with Gasteiger partial charge in [0.25, 0.3) is 10.2 Å². The van der Waals surface area contributed by atoms with Gasteiger partial charge in [-0.15, -0.1) is 0 Å². The number of hydrogen-bond acceptors (Lipinski definition) is 3. The highest BCUT2D eigenvalue weighted by atomic mass is 32.2. The van der Waals surface area contributed by atoms with E-state index in [1.54, 1.807) is 4.31 Å². The van der Waals surface area contributed by atoms with E-state index in [2.05, 4.69) is 4.72 Å². The average Bonchev–Trinajstić information content (AvgIpc) is 2.79. The van der Waals surface area contributed by atoms with Gasteiger partial charge in [0.15, 0.2) is 0 Å². The zero-order valence-corrected chi connectivity index (χ0v) is 14.8. The smallest absolute Gasteiger partial charge is 0.279 e. The first-order valence-corrected chi connectivity index (χ1v) is 10.3. The molecule has 0 unspecified atom stereocenters. The molecular formula is C16H32N2O3S. The fourth-order valence-electron chi connectivity index (χ4n) is 3.69. The molecule has 1 heterocycles. The molecular weight excluding hydrogens is 300 g/mol. The van der Waals surface area contributed by atoms with Crippen LogP contribution in [0.1, 0.15) is 64.7 Å². The molecule has 22 heavy (non-hydrogen) atoms. The zero-order valence-electron chi connectivity index (χ0n) is 14.0. The number of nitrogens with one attached hydrogen (secondary N) is 1. The van der Waals surface area contributed by atoms with Crippen LogP contribution in [0.25, 0.3) is 0 Å². The molecule has 0 aromatic carbocycles. The Hall–Kier alpha value is -0.170. The summed E-state index contributed by atoms with van der Waals surface area (Å²) in [5.74, 6) is 0.